The Morgan fingerprint density at radius 1 is 0.944 bits per heavy atom. The molecule has 2 rings (SSSR count). The highest BCUT2D eigenvalue weighted by atomic mass is 16.7. The SMILES string of the molecule is CC(C)ON(c1ccccc1)c1ccccc1N. The lowest BCUT2D eigenvalue weighted by atomic mass is 10.2. The van der Waals surface area contributed by atoms with Crippen LogP contribution in [0, 0.1) is 0 Å². The molecule has 0 aromatic heterocycles. The molecular weight excluding hydrogens is 224 g/mol. The average Bonchev–Trinajstić information content (AvgIpc) is 2.38. The maximum atomic E-state index is 6.01. The third-order valence-corrected chi connectivity index (χ3v) is 2.46. The Bertz CT molecular complexity index is 497. The van der Waals surface area contributed by atoms with E-state index in [1.807, 2.05) is 68.4 Å². The van der Waals surface area contributed by atoms with Crippen LogP contribution in [0.5, 0.6) is 0 Å². The summed E-state index contributed by atoms with van der Waals surface area (Å²) >= 11 is 0. The Morgan fingerprint density at radius 3 is 2.17 bits per heavy atom. The summed E-state index contributed by atoms with van der Waals surface area (Å²) in [4.78, 5) is 5.86. The maximum absolute atomic E-state index is 6.01. The van der Waals surface area contributed by atoms with Crippen molar-refractivity contribution in [3.63, 3.8) is 0 Å². The fourth-order valence-corrected chi connectivity index (χ4v) is 1.70. The van der Waals surface area contributed by atoms with Crippen LogP contribution in [0.4, 0.5) is 17.1 Å². The summed E-state index contributed by atoms with van der Waals surface area (Å²) in [5.41, 5.74) is 8.53. The summed E-state index contributed by atoms with van der Waals surface area (Å²) in [6, 6.07) is 17.6. The number of nitrogens with zero attached hydrogens (tertiary/aromatic N) is 1. The summed E-state index contributed by atoms with van der Waals surface area (Å²) in [7, 11) is 0. The highest BCUT2D eigenvalue weighted by molar-refractivity contribution is 5.72. The molecule has 0 bridgehead atoms. The van der Waals surface area contributed by atoms with Gasteiger partial charge in [0.15, 0.2) is 0 Å². The number of benzene rings is 2. The van der Waals surface area contributed by atoms with Gasteiger partial charge < -0.3 is 5.73 Å². The van der Waals surface area contributed by atoms with E-state index in [1.165, 1.54) is 0 Å². The van der Waals surface area contributed by atoms with Gasteiger partial charge in [-0.25, -0.2) is 5.06 Å². The van der Waals surface area contributed by atoms with E-state index >= 15 is 0 Å². The lowest BCUT2D eigenvalue weighted by Gasteiger charge is -2.27. The first-order chi connectivity index (χ1) is 8.68. The summed E-state index contributed by atoms with van der Waals surface area (Å²) in [5, 5.41) is 1.78. The van der Waals surface area contributed by atoms with Crippen LogP contribution < -0.4 is 10.8 Å². The van der Waals surface area contributed by atoms with Gasteiger partial charge in [0.05, 0.1) is 23.2 Å². The highest BCUT2D eigenvalue weighted by Gasteiger charge is 2.13. The van der Waals surface area contributed by atoms with Crippen LogP contribution in [-0.4, -0.2) is 6.10 Å². The largest absolute Gasteiger partial charge is 0.397 e. The van der Waals surface area contributed by atoms with Crippen LogP contribution in [0.3, 0.4) is 0 Å². The molecule has 2 N–H and O–H groups in total. The Hall–Kier alpha value is -2.00. The molecule has 3 nitrogen and oxygen atoms in total. The smallest absolute Gasteiger partial charge is 0.0924 e. The molecule has 0 aliphatic carbocycles. The van der Waals surface area contributed by atoms with Gasteiger partial charge in [0.2, 0.25) is 0 Å². The fourth-order valence-electron chi connectivity index (χ4n) is 1.70. The number of rotatable bonds is 4. The standard InChI is InChI=1S/C15H18N2O/c1-12(2)18-17(13-8-4-3-5-9-13)15-11-7-6-10-14(15)16/h3-12H,16H2,1-2H3. The minimum absolute atomic E-state index is 0.0739. The molecule has 0 atom stereocenters. The first kappa shape index (κ1) is 12.5. The molecule has 2 aromatic carbocycles. The monoisotopic (exact) mass is 242 g/mol. The third-order valence-electron chi connectivity index (χ3n) is 2.46. The van der Waals surface area contributed by atoms with Gasteiger partial charge in [0, 0.05) is 0 Å². The van der Waals surface area contributed by atoms with Gasteiger partial charge in [0.25, 0.3) is 0 Å². The van der Waals surface area contributed by atoms with E-state index in [-0.39, 0.29) is 6.10 Å². The zero-order chi connectivity index (χ0) is 13.0. The van der Waals surface area contributed by atoms with Crippen molar-refractivity contribution in [3.8, 4) is 0 Å². The normalized spacial score (nSPS) is 10.6. The van der Waals surface area contributed by atoms with Crippen LogP contribution in [0.15, 0.2) is 54.6 Å². The van der Waals surface area contributed by atoms with Crippen molar-refractivity contribution >= 4 is 17.1 Å². The predicted molar refractivity (Wildman–Crippen MR) is 75.7 cm³/mol. The summed E-state index contributed by atoms with van der Waals surface area (Å²) in [5.74, 6) is 0. The van der Waals surface area contributed by atoms with E-state index in [1.54, 1.807) is 5.06 Å². The third kappa shape index (κ3) is 2.81. The molecule has 0 aliphatic rings. The first-order valence-electron chi connectivity index (χ1n) is 6.05. The van der Waals surface area contributed by atoms with E-state index in [4.69, 9.17) is 10.6 Å². The predicted octanol–water partition coefficient (Wildman–Crippen LogP) is 3.75. The second kappa shape index (κ2) is 5.56. The van der Waals surface area contributed by atoms with Gasteiger partial charge in [-0.15, -0.1) is 0 Å². The molecule has 0 saturated carbocycles. The van der Waals surface area contributed by atoms with Gasteiger partial charge in [-0.2, -0.15) is 0 Å². The Morgan fingerprint density at radius 2 is 1.56 bits per heavy atom. The molecule has 0 heterocycles. The molecule has 0 spiro atoms. The van der Waals surface area contributed by atoms with Gasteiger partial charge in [-0.05, 0) is 38.1 Å². The van der Waals surface area contributed by atoms with Crippen LogP contribution in [0.25, 0.3) is 0 Å². The highest BCUT2D eigenvalue weighted by Crippen LogP contribution is 2.30. The van der Waals surface area contributed by atoms with Crippen LogP contribution in [0.1, 0.15) is 13.8 Å². The zero-order valence-corrected chi connectivity index (χ0v) is 10.7. The number of hydrogen-bond donors (Lipinski definition) is 1. The Balaban J connectivity index is 2.41. The van der Waals surface area contributed by atoms with E-state index in [0.29, 0.717) is 5.69 Å². The second-order valence-corrected chi connectivity index (χ2v) is 4.34. The van der Waals surface area contributed by atoms with E-state index in [0.717, 1.165) is 11.4 Å². The number of anilines is 3. The molecular formula is C15H18N2O. The zero-order valence-electron chi connectivity index (χ0n) is 10.7. The van der Waals surface area contributed by atoms with E-state index in [2.05, 4.69) is 0 Å². The lowest BCUT2D eigenvalue weighted by Crippen LogP contribution is -2.23. The van der Waals surface area contributed by atoms with Crippen molar-refractivity contribution in [2.24, 2.45) is 0 Å². The molecule has 0 radical (unpaired) electrons. The molecule has 18 heavy (non-hydrogen) atoms. The van der Waals surface area contributed by atoms with Crippen molar-refractivity contribution in [3.05, 3.63) is 54.6 Å². The molecule has 0 amide bonds. The molecule has 2 aromatic rings. The van der Waals surface area contributed by atoms with Crippen molar-refractivity contribution in [2.45, 2.75) is 20.0 Å². The average molecular weight is 242 g/mol. The maximum Gasteiger partial charge on any atom is 0.0924 e. The summed E-state index contributed by atoms with van der Waals surface area (Å²) in [6.45, 7) is 3.99. The first-order valence-corrected chi connectivity index (χ1v) is 6.05. The van der Waals surface area contributed by atoms with Gasteiger partial charge in [0.1, 0.15) is 0 Å². The summed E-state index contributed by atoms with van der Waals surface area (Å²) < 4.78 is 0. The van der Waals surface area contributed by atoms with Crippen LogP contribution >= 0.6 is 0 Å². The van der Waals surface area contributed by atoms with Crippen molar-refractivity contribution in [1.82, 2.24) is 0 Å². The van der Waals surface area contributed by atoms with Crippen molar-refractivity contribution < 1.29 is 4.84 Å². The molecule has 0 saturated heterocycles. The fraction of sp³-hybridized carbons (Fsp3) is 0.200. The summed E-state index contributed by atoms with van der Waals surface area (Å²) in [6.07, 6.45) is 0.0739. The van der Waals surface area contributed by atoms with Crippen molar-refractivity contribution in [1.29, 1.82) is 0 Å². The molecule has 0 fully saturated rings. The van der Waals surface area contributed by atoms with E-state index in [9.17, 15) is 0 Å². The quantitative estimate of drug-likeness (QED) is 0.655. The molecule has 3 heteroatoms. The van der Waals surface area contributed by atoms with Gasteiger partial charge in [-0.1, -0.05) is 30.3 Å². The number of nitrogen functional groups attached to an aromatic ring is 1. The molecule has 0 aliphatic heterocycles. The number of hydrogen-bond acceptors (Lipinski definition) is 3. The Kier molecular flexibility index (Phi) is 3.85. The van der Waals surface area contributed by atoms with Gasteiger partial charge in [-0.3, -0.25) is 4.84 Å². The number of para-hydroxylation sites is 3. The minimum atomic E-state index is 0.0739. The Labute approximate surface area is 108 Å². The van der Waals surface area contributed by atoms with Crippen LogP contribution in [0.2, 0.25) is 0 Å². The number of nitrogens with two attached hydrogens (primary N) is 1. The van der Waals surface area contributed by atoms with Crippen molar-refractivity contribution in [2.75, 3.05) is 10.8 Å². The van der Waals surface area contributed by atoms with Gasteiger partial charge >= 0.3 is 0 Å². The lowest BCUT2D eigenvalue weighted by molar-refractivity contribution is 0.0796. The van der Waals surface area contributed by atoms with E-state index < -0.39 is 0 Å². The molecule has 0 unspecified atom stereocenters. The molecule has 94 valence electrons. The van der Waals surface area contributed by atoms with Crippen LogP contribution in [-0.2, 0) is 4.84 Å². The second-order valence-electron chi connectivity index (χ2n) is 4.34. The minimum Gasteiger partial charge on any atom is -0.397 e. The topological polar surface area (TPSA) is 38.5 Å².